The summed E-state index contributed by atoms with van der Waals surface area (Å²) in [6.45, 7) is 6.77. The van der Waals surface area contributed by atoms with E-state index >= 15 is 0 Å². The molecular weight excluding hydrogens is 314 g/mol. The van der Waals surface area contributed by atoms with Crippen LogP contribution in [0, 0.1) is 12.3 Å². The molecule has 0 fully saturated rings. The molecule has 0 aliphatic rings. The van der Waals surface area contributed by atoms with Crippen LogP contribution in [0.3, 0.4) is 0 Å². The first-order valence-electron chi connectivity index (χ1n) is 8.32. The summed E-state index contributed by atoms with van der Waals surface area (Å²) in [5.74, 6) is 0.770. The van der Waals surface area contributed by atoms with E-state index in [0.717, 1.165) is 22.3 Å². The van der Waals surface area contributed by atoms with Crippen molar-refractivity contribution in [1.29, 1.82) is 5.41 Å². The van der Waals surface area contributed by atoms with Crippen LogP contribution >= 0.6 is 0 Å². The van der Waals surface area contributed by atoms with Gasteiger partial charge in [-0.2, -0.15) is 0 Å². The number of aryl methyl sites for hydroxylation is 1. The van der Waals surface area contributed by atoms with Crippen molar-refractivity contribution in [1.82, 2.24) is 9.13 Å². The third-order valence-electron chi connectivity index (χ3n) is 4.20. The Labute approximate surface area is 146 Å². The third-order valence-corrected chi connectivity index (χ3v) is 4.20. The molecule has 0 aliphatic carbocycles. The van der Waals surface area contributed by atoms with E-state index in [-0.39, 0.29) is 6.61 Å². The van der Waals surface area contributed by atoms with E-state index in [2.05, 4.69) is 6.58 Å². The molecule has 1 atom stereocenters. The number of aromatic nitrogens is 2. The molecular formula is C20H23N3O2. The normalized spacial score (nSPS) is 12.2. The van der Waals surface area contributed by atoms with E-state index in [0.29, 0.717) is 18.7 Å². The fourth-order valence-electron chi connectivity index (χ4n) is 2.96. The van der Waals surface area contributed by atoms with E-state index in [1.54, 1.807) is 6.08 Å². The van der Waals surface area contributed by atoms with Gasteiger partial charge in [0.2, 0.25) is 5.62 Å². The first-order chi connectivity index (χ1) is 12.1. The standard InChI is InChI=1S/C20H23N3O2/c1-3-12-22-17-9-5-6-10-18(17)23(20(22)21)13-16(24)14-25-19-11-7-4-8-15(19)2/h3-11,16,21,24H,1,12-14H2,2H3. The molecule has 0 aliphatic heterocycles. The van der Waals surface area contributed by atoms with Crippen molar-refractivity contribution in [2.75, 3.05) is 6.61 Å². The van der Waals surface area contributed by atoms with Gasteiger partial charge < -0.3 is 19.0 Å². The van der Waals surface area contributed by atoms with Crippen LogP contribution in [0.4, 0.5) is 0 Å². The zero-order chi connectivity index (χ0) is 17.8. The Hall–Kier alpha value is -2.79. The summed E-state index contributed by atoms with van der Waals surface area (Å²) >= 11 is 0. The second-order valence-electron chi connectivity index (χ2n) is 6.05. The Balaban J connectivity index is 1.80. The van der Waals surface area contributed by atoms with Gasteiger partial charge in [-0.05, 0) is 30.7 Å². The number of rotatable bonds is 7. The molecule has 0 spiro atoms. The topological polar surface area (TPSA) is 63.2 Å². The van der Waals surface area contributed by atoms with Crippen LogP contribution in [-0.2, 0) is 13.1 Å². The van der Waals surface area contributed by atoms with Crippen molar-refractivity contribution in [2.24, 2.45) is 0 Å². The van der Waals surface area contributed by atoms with Crippen LogP contribution in [0.2, 0.25) is 0 Å². The van der Waals surface area contributed by atoms with Crippen molar-refractivity contribution in [2.45, 2.75) is 26.1 Å². The minimum Gasteiger partial charge on any atom is -0.491 e. The van der Waals surface area contributed by atoms with Gasteiger partial charge in [0, 0.05) is 6.54 Å². The van der Waals surface area contributed by atoms with Crippen LogP contribution in [0.25, 0.3) is 11.0 Å². The highest BCUT2D eigenvalue weighted by Gasteiger charge is 2.14. The molecule has 0 amide bonds. The molecule has 5 nitrogen and oxygen atoms in total. The van der Waals surface area contributed by atoms with Crippen molar-refractivity contribution in [3.8, 4) is 5.75 Å². The fraction of sp³-hybridized carbons (Fsp3) is 0.250. The number of hydrogen-bond donors (Lipinski definition) is 2. The quantitative estimate of drug-likeness (QED) is 0.651. The second-order valence-corrected chi connectivity index (χ2v) is 6.05. The van der Waals surface area contributed by atoms with Crippen molar-refractivity contribution in [3.63, 3.8) is 0 Å². The van der Waals surface area contributed by atoms with Crippen molar-refractivity contribution < 1.29 is 9.84 Å². The van der Waals surface area contributed by atoms with Crippen molar-refractivity contribution >= 4 is 11.0 Å². The molecule has 0 saturated carbocycles. The lowest BCUT2D eigenvalue weighted by atomic mass is 10.2. The minimum atomic E-state index is -0.711. The van der Waals surface area contributed by atoms with E-state index in [1.165, 1.54) is 0 Å². The SMILES string of the molecule is C=CCn1c(=N)n(CC(O)COc2ccccc2C)c2ccccc21. The number of hydrogen-bond acceptors (Lipinski definition) is 3. The molecule has 1 heterocycles. The number of nitrogens with zero attached hydrogens (tertiary/aromatic N) is 2. The summed E-state index contributed by atoms with van der Waals surface area (Å²) in [6, 6.07) is 15.5. The van der Waals surface area contributed by atoms with Crippen LogP contribution < -0.4 is 10.4 Å². The summed E-state index contributed by atoms with van der Waals surface area (Å²) in [6.07, 6.45) is 1.06. The lowest BCUT2D eigenvalue weighted by Crippen LogP contribution is -2.31. The van der Waals surface area contributed by atoms with Gasteiger partial charge >= 0.3 is 0 Å². The van der Waals surface area contributed by atoms with E-state index in [1.807, 2.05) is 64.6 Å². The van der Waals surface area contributed by atoms with Gasteiger partial charge in [0.15, 0.2) is 0 Å². The number of fused-ring (bicyclic) bond motifs is 1. The maximum Gasteiger partial charge on any atom is 0.203 e. The molecule has 1 unspecified atom stereocenters. The molecule has 25 heavy (non-hydrogen) atoms. The zero-order valence-corrected chi connectivity index (χ0v) is 14.4. The van der Waals surface area contributed by atoms with E-state index < -0.39 is 6.10 Å². The Kier molecular flexibility index (Phi) is 5.05. The highest BCUT2D eigenvalue weighted by atomic mass is 16.5. The largest absolute Gasteiger partial charge is 0.491 e. The number of para-hydroxylation sites is 3. The third kappa shape index (κ3) is 3.51. The second kappa shape index (κ2) is 7.40. The average Bonchev–Trinajstić information content (AvgIpc) is 2.87. The van der Waals surface area contributed by atoms with Gasteiger partial charge in [0.25, 0.3) is 0 Å². The number of imidazole rings is 1. The summed E-state index contributed by atoms with van der Waals surface area (Å²) in [5.41, 5.74) is 3.26. The number of ether oxygens (including phenoxy) is 1. The Morgan fingerprint density at radius 2 is 1.76 bits per heavy atom. The zero-order valence-electron chi connectivity index (χ0n) is 14.4. The first-order valence-corrected chi connectivity index (χ1v) is 8.32. The molecule has 3 aromatic rings. The van der Waals surface area contributed by atoms with Crippen molar-refractivity contribution in [3.05, 3.63) is 72.4 Å². The summed E-state index contributed by atoms with van der Waals surface area (Å²) in [7, 11) is 0. The number of benzene rings is 2. The number of aliphatic hydroxyl groups excluding tert-OH is 1. The molecule has 130 valence electrons. The maximum atomic E-state index is 10.4. The number of nitrogens with one attached hydrogen (secondary N) is 1. The van der Waals surface area contributed by atoms with Crippen LogP contribution in [-0.4, -0.2) is 27.0 Å². The summed E-state index contributed by atoms with van der Waals surface area (Å²) in [5, 5.41) is 18.8. The van der Waals surface area contributed by atoms with Crippen LogP contribution in [0.5, 0.6) is 5.75 Å². The van der Waals surface area contributed by atoms with E-state index in [9.17, 15) is 5.11 Å². The van der Waals surface area contributed by atoms with E-state index in [4.69, 9.17) is 10.1 Å². The van der Waals surface area contributed by atoms with Gasteiger partial charge in [-0.3, -0.25) is 5.41 Å². The predicted molar refractivity (Wildman–Crippen MR) is 98.7 cm³/mol. The Bertz CT molecular complexity index is 940. The van der Waals surface area contributed by atoms with Crippen LogP contribution in [0.15, 0.2) is 61.2 Å². The first kappa shape index (κ1) is 17.0. The molecule has 0 bridgehead atoms. The molecule has 0 radical (unpaired) electrons. The molecule has 2 aromatic carbocycles. The molecule has 5 heteroatoms. The number of allylic oxidation sites excluding steroid dienone is 1. The summed E-state index contributed by atoms with van der Waals surface area (Å²) in [4.78, 5) is 0. The smallest absolute Gasteiger partial charge is 0.203 e. The summed E-state index contributed by atoms with van der Waals surface area (Å²) < 4.78 is 9.41. The molecule has 2 N–H and O–H groups in total. The lowest BCUT2D eigenvalue weighted by molar-refractivity contribution is 0.0918. The predicted octanol–water partition coefficient (Wildman–Crippen LogP) is 2.86. The average molecular weight is 337 g/mol. The molecule has 1 aromatic heterocycles. The molecule has 0 saturated heterocycles. The monoisotopic (exact) mass is 337 g/mol. The van der Waals surface area contributed by atoms with Gasteiger partial charge in [-0.25, -0.2) is 0 Å². The minimum absolute atomic E-state index is 0.179. The van der Waals surface area contributed by atoms with Crippen LogP contribution in [0.1, 0.15) is 5.56 Å². The van der Waals surface area contributed by atoms with Gasteiger partial charge in [0.05, 0.1) is 17.6 Å². The van der Waals surface area contributed by atoms with Gasteiger partial charge in [-0.15, -0.1) is 6.58 Å². The number of aliphatic hydroxyl groups is 1. The Morgan fingerprint density at radius 1 is 1.12 bits per heavy atom. The van der Waals surface area contributed by atoms with Gasteiger partial charge in [0.1, 0.15) is 18.5 Å². The molecule has 3 rings (SSSR count). The Morgan fingerprint density at radius 3 is 2.44 bits per heavy atom. The highest BCUT2D eigenvalue weighted by Crippen LogP contribution is 2.17. The maximum absolute atomic E-state index is 10.4. The lowest BCUT2D eigenvalue weighted by Gasteiger charge is -2.15. The van der Waals surface area contributed by atoms with Gasteiger partial charge in [-0.1, -0.05) is 36.4 Å². The highest BCUT2D eigenvalue weighted by molar-refractivity contribution is 5.75. The fourth-order valence-corrected chi connectivity index (χ4v) is 2.96.